The van der Waals surface area contributed by atoms with Crippen LogP contribution in [0, 0.1) is 0 Å². The third-order valence-corrected chi connectivity index (χ3v) is 6.25. The van der Waals surface area contributed by atoms with Gasteiger partial charge in [0.2, 0.25) is 0 Å². The lowest BCUT2D eigenvalue weighted by atomic mass is 10.1. The van der Waals surface area contributed by atoms with Gasteiger partial charge in [-0.15, -0.1) is 0 Å². The van der Waals surface area contributed by atoms with E-state index in [0.717, 1.165) is 11.6 Å². The fraction of sp³-hybridized carbons (Fsp3) is 0.136. The number of urea groups is 1. The molecule has 2 amide bonds. The molecule has 0 bridgehead atoms. The molecule has 0 aromatic heterocycles. The van der Waals surface area contributed by atoms with Gasteiger partial charge in [0.15, 0.2) is 5.75 Å². The van der Waals surface area contributed by atoms with Crippen molar-refractivity contribution in [3.8, 4) is 11.5 Å². The molecule has 33 heavy (non-hydrogen) atoms. The fourth-order valence-electron chi connectivity index (χ4n) is 3.60. The van der Waals surface area contributed by atoms with Crippen molar-refractivity contribution in [1.82, 2.24) is 5.32 Å². The van der Waals surface area contributed by atoms with Crippen molar-refractivity contribution >= 4 is 21.9 Å². The van der Waals surface area contributed by atoms with Crippen LogP contribution in [0.5, 0.6) is 11.5 Å². The highest BCUT2D eigenvalue weighted by Gasteiger charge is 2.65. The highest BCUT2D eigenvalue weighted by molar-refractivity contribution is 8.45. The molecule has 2 atom stereocenters. The van der Waals surface area contributed by atoms with Crippen LogP contribution in [-0.2, 0) is 6.42 Å². The topological polar surface area (TPSA) is 70.6 Å². The molecule has 3 aromatic rings. The summed E-state index contributed by atoms with van der Waals surface area (Å²) >= 11 is 0. The number of hydrogen-bond acceptors (Lipinski definition) is 3. The Kier molecular flexibility index (Phi) is 5.10. The number of hydrogen-bond donors (Lipinski definition) is 3. The lowest BCUT2D eigenvalue weighted by molar-refractivity contribution is 0.144. The molecule has 3 aromatic carbocycles. The Bertz CT molecular complexity index is 1210. The average molecular weight is 486 g/mol. The summed E-state index contributed by atoms with van der Waals surface area (Å²) in [5.74, 6) is -0.0458. The molecule has 11 heteroatoms. The Morgan fingerprint density at radius 3 is 2.30 bits per heavy atom. The number of anilines is 1. The van der Waals surface area contributed by atoms with E-state index < -0.39 is 39.0 Å². The molecule has 0 spiro atoms. The van der Waals surface area contributed by atoms with Crippen molar-refractivity contribution in [3.63, 3.8) is 0 Å². The van der Waals surface area contributed by atoms with E-state index in [4.69, 9.17) is 4.74 Å². The number of fused-ring (bicyclic) bond motifs is 1. The largest absolute Gasteiger partial charge is 0.455 e. The molecular formula is C22H19F5N2O3S. The van der Waals surface area contributed by atoms with Crippen LogP contribution in [0.4, 0.5) is 29.9 Å². The fourth-order valence-corrected chi connectivity index (χ4v) is 4.26. The number of para-hydroxylation sites is 1. The maximum absolute atomic E-state index is 13.4. The first-order valence-electron chi connectivity index (χ1n) is 9.74. The number of amides is 2. The quantitative estimate of drug-likeness (QED) is 0.343. The van der Waals surface area contributed by atoms with Crippen LogP contribution in [0.15, 0.2) is 77.7 Å². The Labute approximate surface area is 185 Å². The van der Waals surface area contributed by atoms with Gasteiger partial charge in [-0.05, 0) is 41.5 Å². The monoisotopic (exact) mass is 486 g/mol. The number of rotatable bonds is 5. The smallest absolute Gasteiger partial charge is 0.319 e. The standard InChI is InChI=1S/C22H19F5N2O3S/c23-33(24,25,26,27)16-10-11-20(32-15-7-2-1-3-8-15)18(13-16)28-22(31)29-21-17-9-5-4-6-14(17)12-19(21)30/h1-11,13,19,21,30H,12H2,(H2,28,29,31). The Morgan fingerprint density at radius 1 is 0.939 bits per heavy atom. The molecule has 176 valence electrons. The van der Waals surface area contributed by atoms with Crippen LogP contribution < -0.4 is 15.4 Å². The van der Waals surface area contributed by atoms with Gasteiger partial charge in [0.25, 0.3) is 0 Å². The number of benzene rings is 3. The van der Waals surface area contributed by atoms with Crippen molar-refractivity contribution < 1.29 is 34.1 Å². The van der Waals surface area contributed by atoms with Gasteiger partial charge in [-0.2, -0.15) is 0 Å². The summed E-state index contributed by atoms with van der Waals surface area (Å²) in [6.07, 6.45) is -0.673. The number of nitrogens with one attached hydrogen (secondary N) is 2. The van der Waals surface area contributed by atoms with E-state index in [2.05, 4.69) is 10.6 Å². The zero-order valence-corrected chi connectivity index (χ0v) is 17.7. The lowest BCUT2D eigenvalue weighted by Gasteiger charge is -2.40. The number of aliphatic hydroxyl groups is 1. The second-order valence-corrected chi connectivity index (χ2v) is 10.00. The van der Waals surface area contributed by atoms with Gasteiger partial charge in [-0.1, -0.05) is 61.9 Å². The van der Waals surface area contributed by atoms with Crippen LogP contribution in [-0.4, -0.2) is 17.2 Å². The molecule has 0 aliphatic heterocycles. The second kappa shape index (κ2) is 7.35. The first kappa shape index (κ1) is 22.9. The van der Waals surface area contributed by atoms with Crippen LogP contribution >= 0.6 is 10.2 Å². The molecule has 3 N–H and O–H groups in total. The van der Waals surface area contributed by atoms with Crippen molar-refractivity contribution in [3.05, 3.63) is 83.9 Å². The summed E-state index contributed by atoms with van der Waals surface area (Å²) in [5.41, 5.74) is 0.857. The molecule has 0 saturated heterocycles. The first-order valence-corrected chi connectivity index (χ1v) is 11.7. The molecule has 4 rings (SSSR count). The summed E-state index contributed by atoms with van der Waals surface area (Å²) in [5, 5.41) is 14.9. The summed E-state index contributed by atoms with van der Waals surface area (Å²) in [6.45, 7) is 0. The van der Waals surface area contributed by atoms with Crippen LogP contribution in [0.25, 0.3) is 0 Å². The molecule has 5 nitrogen and oxygen atoms in total. The summed E-state index contributed by atoms with van der Waals surface area (Å²) in [4.78, 5) is 10.4. The molecule has 0 radical (unpaired) electrons. The summed E-state index contributed by atoms with van der Waals surface area (Å²) in [7, 11) is -10.0. The number of halogens is 5. The maximum Gasteiger partial charge on any atom is 0.319 e. The molecule has 1 aliphatic rings. The van der Waals surface area contributed by atoms with Gasteiger partial charge in [0.1, 0.15) is 10.6 Å². The number of ether oxygens (including phenoxy) is 1. The van der Waals surface area contributed by atoms with Crippen molar-refractivity contribution in [2.75, 3.05) is 5.32 Å². The minimum Gasteiger partial charge on any atom is -0.455 e. The van der Waals surface area contributed by atoms with E-state index in [0.29, 0.717) is 5.56 Å². The van der Waals surface area contributed by atoms with Crippen LogP contribution in [0.2, 0.25) is 0 Å². The second-order valence-electron chi connectivity index (χ2n) is 7.59. The third kappa shape index (κ3) is 5.20. The molecule has 1 aliphatic carbocycles. The van der Waals surface area contributed by atoms with Crippen LogP contribution in [0.1, 0.15) is 17.2 Å². The minimum absolute atomic E-state index is 0.137. The highest BCUT2D eigenvalue weighted by atomic mass is 32.5. The molecule has 0 heterocycles. The highest BCUT2D eigenvalue weighted by Crippen LogP contribution is 3.02. The van der Waals surface area contributed by atoms with E-state index >= 15 is 0 Å². The molecule has 0 saturated carbocycles. The average Bonchev–Trinajstić information content (AvgIpc) is 3.03. The van der Waals surface area contributed by atoms with Crippen molar-refractivity contribution in [2.24, 2.45) is 0 Å². The number of carbonyl (C=O) groups excluding carboxylic acids is 1. The predicted octanol–water partition coefficient (Wildman–Crippen LogP) is 6.92. The maximum atomic E-state index is 13.4. The predicted molar refractivity (Wildman–Crippen MR) is 115 cm³/mol. The lowest BCUT2D eigenvalue weighted by Crippen LogP contribution is -2.36. The summed E-state index contributed by atoms with van der Waals surface area (Å²) in [6, 6.07) is 14.1. The third-order valence-electron chi connectivity index (χ3n) is 5.11. The molecule has 0 fully saturated rings. The van der Waals surface area contributed by atoms with Crippen LogP contribution in [0.3, 0.4) is 0 Å². The Morgan fingerprint density at radius 2 is 1.61 bits per heavy atom. The van der Waals surface area contributed by atoms with Crippen molar-refractivity contribution in [1.29, 1.82) is 0 Å². The first-order chi connectivity index (χ1) is 15.3. The van der Waals surface area contributed by atoms with E-state index in [9.17, 15) is 29.3 Å². The van der Waals surface area contributed by atoms with Gasteiger partial charge < -0.3 is 20.5 Å². The van der Waals surface area contributed by atoms with E-state index in [-0.39, 0.29) is 30.1 Å². The molecule has 2 unspecified atom stereocenters. The SMILES string of the molecule is O=C(Nc1cc(S(F)(F)(F)(F)F)ccc1Oc1ccccc1)NC1c2ccccc2CC1O. The van der Waals surface area contributed by atoms with Gasteiger partial charge in [-0.25, -0.2) is 4.79 Å². The normalized spacial score (nSPS) is 19.7. The summed E-state index contributed by atoms with van der Waals surface area (Å²) < 4.78 is 72.3. The van der Waals surface area contributed by atoms with Crippen molar-refractivity contribution in [2.45, 2.75) is 23.5 Å². The van der Waals surface area contributed by atoms with Gasteiger partial charge in [0.05, 0.1) is 17.8 Å². The van der Waals surface area contributed by atoms with Gasteiger partial charge in [0, 0.05) is 6.42 Å². The minimum atomic E-state index is -10.0. The Balaban J connectivity index is 1.64. The number of aliphatic hydroxyl groups excluding tert-OH is 1. The Hall–Kier alpha value is -3.31. The number of carbonyl (C=O) groups is 1. The van der Waals surface area contributed by atoms with E-state index in [1.807, 2.05) is 0 Å². The van der Waals surface area contributed by atoms with E-state index in [1.54, 1.807) is 42.5 Å². The molecular weight excluding hydrogens is 467 g/mol. The zero-order chi connectivity index (χ0) is 23.9. The zero-order valence-electron chi connectivity index (χ0n) is 16.9. The van der Waals surface area contributed by atoms with E-state index in [1.165, 1.54) is 12.1 Å². The van der Waals surface area contributed by atoms with Gasteiger partial charge >= 0.3 is 16.3 Å². The van der Waals surface area contributed by atoms with Gasteiger partial charge in [-0.3, -0.25) is 0 Å².